The first-order chi connectivity index (χ1) is 16.4. The molecule has 0 saturated heterocycles. The summed E-state index contributed by atoms with van der Waals surface area (Å²) in [5.41, 5.74) is 1.54. The van der Waals surface area contributed by atoms with Crippen molar-refractivity contribution in [1.82, 2.24) is 30.1 Å². The van der Waals surface area contributed by atoms with Crippen molar-refractivity contribution in [2.75, 3.05) is 36.8 Å². The van der Waals surface area contributed by atoms with Crippen molar-refractivity contribution in [3.8, 4) is 0 Å². The van der Waals surface area contributed by atoms with Gasteiger partial charge in [0.05, 0.1) is 5.52 Å². The monoisotopic (exact) mass is 466 g/mol. The Labute approximate surface area is 200 Å². The van der Waals surface area contributed by atoms with Gasteiger partial charge < -0.3 is 20.9 Å². The molecule has 10 nitrogen and oxygen atoms in total. The summed E-state index contributed by atoms with van der Waals surface area (Å²) in [6.45, 7) is 11.6. The van der Waals surface area contributed by atoms with E-state index >= 15 is 0 Å². The van der Waals surface area contributed by atoms with E-state index in [2.05, 4.69) is 50.0 Å². The lowest BCUT2D eigenvalue weighted by molar-refractivity contribution is 0.241. The lowest BCUT2D eigenvalue weighted by atomic mass is 10.2. The number of amides is 3. The molecule has 4 N–H and O–H groups in total. The molecule has 10 heteroatoms. The fourth-order valence-corrected chi connectivity index (χ4v) is 3.55. The average molecular weight is 467 g/mol. The third-order valence-electron chi connectivity index (χ3n) is 5.34. The summed E-state index contributed by atoms with van der Waals surface area (Å²) in [4.78, 5) is 35.3. The number of hydrogen-bond acceptors (Lipinski definition) is 6. The van der Waals surface area contributed by atoms with E-state index in [4.69, 9.17) is 0 Å². The molecule has 0 saturated carbocycles. The van der Waals surface area contributed by atoms with Gasteiger partial charge in [0.25, 0.3) is 0 Å². The van der Waals surface area contributed by atoms with Crippen LogP contribution in [-0.4, -0.2) is 63.7 Å². The average Bonchev–Trinajstić information content (AvgIpc) is 3.22. The van der Waals surface area contributed by atoms with Crippen LogP contribution in [0.3, 0.4) is 0 Å². The molecule has 0 unspecified atom stereocenters. The van der Waals surface area contributed by atoms with E-state index in [-0.39, 0.29) is 18.1 Å². The number of nitrogens with one attached hydrogen (secondary N) is 4. The molecule has 0 aliphatic heterocycles. The number of anilines is 3. The quantitative estimate of drug-likeness (QED) is 0.336. The van der Waals surface area contributed by atoms with Crippen LogP contribution in [0, 0.1) is 0 Å². The second-order valence-corrected chi connectivity index (χ2v) is 8.24. The van der Waals surface area contributed by atoms with E-state index in [1.165, 1.54) is 6.33 Å². The number of rotatable bonds is 10. The number of carbonyl (C=O) groups excluding carboxylic acids is 2. The van der Waals surface area contributed by atoms with Crippen molar-refractivity contribution in [1.29, 1.82) is 0 Å². The van der Waals surface area contributed by atoms with Crippen molar-refractivity contribution in [2.45, 2.75) is 40.2 Å². The first kappa shape index (κ1) is 25.0. The Kier molecular flexibility index (Phi) is 8.80. The fraction of sp³-hybridized carbons (Fsp3) is 0.417. The van der Waals surface area contributed by atoms with Crippen molar-refractivity contribution in [3.63, 3.8) is 0 Å². The summed E-state index contributed by atoms with van der Waals surface area (Å²) in [5.74, 6) is 0.912. The molecular formula is C24H34N8O2. The van der Waals surface area contributed by atoms with Crippen LogP contribution >= 0.6 is 0 Å². The first-order valence-corrected chi connectivity index (χ1v) is 11.7. The van der Waals surface area contributed by atoms with Crippen LogP contribution in [0.2, 0.25) is 0 Å². The Morgan fingerprint density at radius 1 is 1.06 bits per heavy atom. The van der Waals surface area contributed by atoms with E-state index in [9.17, 15) is 9.59 Å². The first-order valence-electron chi connectivity index (χ1n) is 11.7. The molecule has 0 spiro atoms. The van der Waals surface area contributed by atoms with Gasteiger partial charge in [-0.3, -0.25) is 9.88 Å². The third kappa shape index (κ3) is 6.92. The zero-order valence-corrected chi connectivity index (χ0v) is 20.3. The predicted molar refractivity (Wildman–Crippen MR) is 136 cm³/mol. The molecule has 3 rings (SSSR count). The van der Waals surface area contributed by atoms with Gasteiger partial charge in [0, 0.05) is 35.9 Å². The molecule has 34 heavy (non-hydrogen) atoms. The number of hydrogen-bond donors (Lipinski definition) is 4. The third-order valence-corrected chi connectivity index (χ3v) is 5.34. The molecule has 3 amide bonds. The lowest BCUT2D eigenvalue weighted by Crippen LogP contribution is -2.33. The number of benzene rings is 1. The van der Waals surface area contributed by atoms with Gasteiger partial charge in [0.15, 0.2) is 0 Å². The molecule has 182 valence electrons. The Hall–Kier alpha value is -3.66. The Morgan fingerprint density at radius 3 is 2.56 bits per heavy atom. The van der Waals surface area contributed by atoms with Crippen LogP contribution in [0.4, 0.5) is 26.9 Å². The minimum Gasteiger partial charge on any atom is -0.340 e. The highest BCUT2D eigenvalue weighted by atomic mass is 16.2. The molecule has 2 heterocycles. The van der Waals surface area contributed by atoms with E-state index in [0.29, 0.717) is 18.2 Å². The molecule has 0 atom stereocenters. The SMILES string of the molecule is CCN(CC)CCCNC(=O)Nc1cc(Nc2ccc3ccn(C(=O)NC(C)C)c3c2)ncn1. The molecular weight excluding hydrogens is 432 g/mol. The lowest BCUT2D eigenvalue weighted by Gasteiger charge is -2.17. The molecule has 0 bridgehead atoms. The summed E-state index contributed by atoms with van der Waals surface area (Å²) >= 11 is 0. The largest absolute Gasteiger partial charge is 0.340 e. The fourth-order valence-electron chi connectivity index (χ4n) is 3.55. The Balaban J connectivity index is 1.60. The van der Waals surface area contributed by atoms with Crippen molar-refractivity contribution in [2.24, 2.45) is 0 Å². The summed E-state index contributed by atoms with van der Waals surface area (Å²) in [5, 5.41) is 12.7. The topological polar surface area (TPSA) is 116 Å². The maximum Gasteiger partial charge on any atom is 0.326 e. The number of carbonyl (C=O) groups is 2. The van der Waals surface area contributed by atoms with Crippen molar-refractivity contribution < 1.29 is 9.59 Å². The second kappa shape index (κ2) is 12.0. The molecule has 2 aromatic heterocycles. The van der Waals surface area contributed by atoms with Gasteiger partial charge in [-0.05, 0) is 58.1 Å². The minimum absolute atomic E-state index is 0.0396. The van der Waals surface area contributed by atoms with E-state index in [1.807, 2.05) is 38.1 Å². The molecule has 0 radical (unpaired) electrons. The minimum atomic E-state index is -0.306. The maximum atomic E-state index is 12.5. The molecule has 1 aromatic carbocycles. The van der Waals surface area contributed by atoms with E-state index in [0.717, 1.165) is 42.6 Å². The van der Waals surface area contributed by atoms with Crippen molar-refractivity contribution in [3.05, 3.63) is 42.9 Å². The molecule has 0 aliphatic carbocycles. The Morgan fingerprint density at radius 2 is 1.82 bits per heavy atom. The van der Waals surface area contributed by atoms with E-state index < -0.39 is 0 Å². The standard InChI is InChI=1S/C24H34N8O2/c1-5-31(6-2)12-7-11-25-23(33)30-22-15-21(26-16-27-22)29-19-9-8-18-10-13-32(20(18)14-19)24(34)28-17(3)4/h8-10,13-17H,5-7,11-12H2,1-4H3,(H,28,34)(H3,25,26,27,29,30,33). The van der Waals surface area contributed by atoms with Gasteiger partial charge in [0.2, 0.25) is 0 Å². The van der Waals surface area contributed by atoms with Gasteiger partial charge in [-0.2, -0.15) is 0 Å². The number of nitrogens with zero attached hydrogens (tertiary/aromatic N) is 4. The van der Waals surface area contributed by atoms with Gasteiger partial charge in [-0.15, -0.1) is 0 Å². The Bertz CT molecular complexity index is 1110. The molecule has 3 aromatic rings. The van der Waals surface area contributed by atoms with Crippen LogP contribution < -0.4 is 21.3 Å². The number of fused-ring (bicyclic) bond motifs is 1. The van der Waals surface area contributed by atoms with Crippen LogP contribution in [0.15, 0.2) is 42.9 Å². The zero-order valence-electron chi connectivity index (χ0n) is 20.3. The summed E-state index contributed by atoms with van der Waals surface area (Å²) in [7, 11) is 0. The highest BCUT2D eigenvalue weighted by Gasteiger charge is 2.11. The van der Waals surface area contributed by atoms with Crippen LogP contribution in [0.25, 0.3) is 10.9 Å². The normalized spacial score (nSPS) is 11.1. The zero-order chi connectivity index (χ0) is 24.5. The summed E-state index contributed by atoms with van der Waals surface area (Å²) < 4.78 is 1.58. The highest BCUT2D eigenvalue weighted by Crippen LogP contribution is 2.23. The van der Waals surface area contributed by atoms with Gasteiger partial charge >= 0.3 is 12.1 Å². The van der Waals surface area contributed by atoms with Crippen molar-refractivity contribution >= 4 is 40.3 Å². The molecule has 0 aliphatic rings. The summed E-state index contributed by atoms with van der Waals surface area (Å²) in [6, 6.07) is 8.83. The van der Waals surface area contributed by atoms with Gasteiger partial charge in [-0.25, -0.2) is 19.6 Å². The van der Waals surface area contributed by atoms with Gasteiger partial charge in [0.1, 0.15) is 18.0 Å². The number of urea groups is 1. The summed E-state index contributed by atoms with van der Waals surface area (Å²) in [6.07, 6.45) is 4.01. The smallest absolute Gasteiger partial charge is 0.326 e. The number of aromatic nitrogens is 3. The van der Waals surface area contributed by atoms with Crippen LogP contribution in [0.1, 0.15) is 34.1 Å². The molecule has 0 fully saturated rings. The van der Waals surface area contributed by atoms with E-state index in [1.54, 1.807) is 16.8 Å². The second-order valence-electron chi connectivity index (χ2n) is 8.24. The highest BCUT2D eigenvalue weighted by molar-refractivity contribution is 5.93. The predicted octanol–water partition coefficient (Wildman–Crippen LogP) is 3.99. The van der Waals surface area contributed by atoms with Crippen LogP contribution in [0.5, 0.6) is 0 Å². The van der Waals surface area contributed by atoms with Gasteiger partial charge in [-0.1, -0.05) is 19.9 Å². The van der Waals surface area contributed by atoms with Crippen LogP contribution in [-0.2, 0) is 0 Å². The maximum absolute atomic E-state index is 12.5.